The average molecular weight is 253 g/mol. The van der Waals surface area contributed by atoms with Gasteiger partial charge in [0.15, 0.2) is 5.82 Å². The predicted molar refractivity (Wildman–Crippen MR) is 64.9 cm³/mol. The molecule has 1 saturated heterocycles. The van der Waals surface area contributed by atoms with Crippen LogP contribution < -0.4 is 10.6 Å². The fourth-order valence-electron chi connectivity index (χ4n) is 2.00. The highest BCUT2D eigenvalue weighted by Gasteiger charge is 2.28. The van der Waals surface area contributed by atoms with Crippen LogP contribution in [0.4, 0.5) is 0 Å². The summed E-state index contributed by atoms with van der Waals surface area (Å²) in [7, 11) is 3.49. The first-order valence-corrected chi connectivity index (χ1v) is 6.07. The molecule has 1 aromatic heterocycles. The molecule has 0 radical (unpaired) electrons. The maximum absolute atomic E-state index is 11.8. The lowest BCUT2D eigenvalue weighted by Gasteiger charge is -2.10. The van der Waals surface area contributed by atoms with Gasteiger partial charge >= 0.3 is 0 Å². The van der Waals surface area contributed by atoms with Gasteiger partial charge in [0.2, 0.25) is 5.91 Å². The Hall–Kier alpha value is -1.47. The molecule has 2 rings (SSSR count). The maximum Gasteiger partial charge on any atom is 0.237 e. The van der Waals surface area contributed by atoms with E-state index in [1.54, 1.807) is 18.1 Å². The molecule has 7 heteroatoms. The second-order valence-electron chi connectivity index (χ2n) is 4.43. The Morgan fingerprint density at radius 1 is 1.72 bits per heavy atom. The number of nitrogens with zero attached hydrogens (tertiary/aromatic N) is 3. The zero-order chi connectivity index (χ0) is 13.0. The van der Waals surface area contributed by atoms with Gasteiger partial charge in [-0.2, -0.15) is 5.10 Å². The summed E-state index contributed by atoms with van der Waals surface area (Å²) in [5.41, 5.74) is 0. The molecule has 0 spiro atoms. The van der Waals surface area contributed by atoms with E-state index >= 15 is 0 Å². The maximum atomic E-state index is 11.8. The molecule has 2 unspecified atom stereocenters. The van der Waals surface area contributed by atoms with E-state index in [4.69, 9.17) is 4.74 Å². The molecule has 2 heterocycles. The summed E-state index contributed by atoms with van der Waals surface area (Å²) < 4.78 is 6.85. The van der Waals surface area contributed by atoms with Crippen LogP contribution in [0.15, 0.2) is 6.33 Å². The van der Waals surface area contributed by atoms with E-state index in [1.165, 1.54) is 0 Å². The van der Waals surface area contributed by atoms with Crippen LogP contribution in [0.5, 0.6) is 0 Å². The number of methoxy groups -OCH3 is 1. The SMILES string of the molecule is COC1CNC(C(=O)NCCc2ncn(C)n2)C1. The van der Waals surface area contributed by atoms with E-state index in [1.807, 2.05) is 7.05 Å². The minimum Gasteiger partial charge on any atom is -0.380 e. The minimum atomic E-state index is -0.147. The number of hydrogen-bond donors (Lipinski definition) is 2. The third-order valence-corrected chi connectivity index (χ3v) is 3.04. The highest BCUT2D eigenvalue weighted by molar-refractivity contribution is 5.82. The van der Waals surface area contributed by atoms with Crippen LogP contribution in [-0.2, 0) is 23.0 Å². The van der Waals surface area contributed by atoms with Crippen molar-refractivity contribution < 1.29 is 9.53 Å². The van der Waals surface area contributed by atoms with Crippen LogP contribution >= 0.6 is 0 Å². The molecule has 18 heavy (non-hydrogen) atoms. The standard InChI is InChI=1S/C11H19N5O2/c1-16-7-14-10(15-16)3-4-12-11(17)9-5-8(18-2)6-13-9/h7-9,13H,3-6H2,1-2H3,(H,12,17). The summed E-state index contributed by atoms with van der Waals surface area (Å²) in [6, 6.07) is -0.147. The van der Waals surface area contributed by atoms with Gasteiger partial charge in [-0.15, -0.1) is 0 Å². The zero-order valence-electron chi connectivity index (χ0n) is 10.7. The van der Waals surface area contributed by atoms with Crippen molar-refractivity contribution in [3.63, 3.8) is 0 Å². The first kappa shape index (κ1) is 13.0. The largest absolute Gasteiger partial charge is 0.380 e. The van der Waals surface area contributed by atoms with Gasteiger partial charge in [-0.3, -0.25) is 9.48 Å². The van der Waals surface area contributed by atoms with Crippen molar-refractivity contribution in [3.05, 3.63) is 12.2 Å². The van der Waals surface area contributed by atoms with Crippen LogP contribution in [0, 0.1) is 0 Å². The number of amides is 1. The molecule has 0 bridgehead atoms. The lowest BCUT2D eigenvalue weighted by atomic mass is 10.2. The fraction of sp³-hybridized carbons (Fsp3) is 0.727. The Morgan fingerprint density at radius 3 is 3.17 bits per heavy atom. The topological polar surface area (TPSA) is 81.1 Å². The molecule has 100 valence electrons. The Bertz CT molecular complexity index is 406. The summed E-state index contributed by atoms with van der Waals surface area (Å²) in [6.45, 7) is 1.29. The quantitative estimate of drug-likeness (QED) is 0.692. The monoisotopic (exact) mass is 253 g/mol. The Labute approximate surface area is 106 Å². The van der Waals surface area contributed by atoms with Gasteiger partial charge in [0, 0.05) is 33.7 Å². The fourth-order valence-corrected chi connectivity index (χ4v) is 2.00. The van der Waals surface area contributed by atoms with Crippen LogP contribution in [0.1, 0.15) is 12.2 Å². The summed E-state index contributed by atoms with van der Waals surface area (Å²) in [4.78, 5) is 15.9. The number of carbonyl (C=O) groups excluding carboxylic acids is 1. The third-order valence-electron chi connectivity index (χ3n) is 3.04. The van der Waals surface area contributed by atoms with Crippen LogP contribution in [0.2, 0.25) is 0 Å². The Balaban J connectivity index is 1.69. The number of aryl methyl sites for hydroxylation is 1. The smallest absolute Gasteiger partial charge is 0.237 e. The zero-order valence-corrected chi connectivity index (χ0v) is 10.7. The molecule has 0 aliphatic carbocycles. The Morgan fingerprint density at radius 2 is 2.56 bits per heavy atom. The minimum absolute atomic E-state index is 0.0190. The van der Waals surface area contributed by atoms with Crippen molar-refractivity contribution in [1.82, 2.24) is 25.4 Å². The molecule has 1 amide bonds. The van der Waals surface area contributed by atoms with Crippen molar-refractivity contribution in [2.75, 3.05) is 20.2 Å². The predicted octanol–water partition coefficient (Wildman–Crippen LogP) is -1.15. The van der Waals surface area contributed by atoms with Gasteiger partial charge in [0.1, 0.15) is 6.33 Å². The number of aromatic nitrogens is 3. The molecular formula is C11H19N5O2. The lowest BCUT2D eigenvalue weighted by molar-refractivity contribution is -0.122. The second kappa shape index (κ2) is 5.92. The number of nitrogens with one attached hydrogen (secondary N) is 2. The molecule has 0 saturated carbocycles. The molecule has 0 aromatic carbocycles. The molecule has 1 aromatic rings. The number of rotatable bonds is 5. The van der Waals surface area contributed by atoms with E-state index in [0.717, 1.165) is 18.8 Å². The molecule has 7 nitrogen and oxygen atoms in total. The molecule has 1 aliphatic heterocycles. The normalized spacial score (nSPS) is 23.2. The van der Waals surface area contributed by atoms with Crippen molar-refractivity contribution in [3.8, 4) is 0 Å². The van der Waals surface area contributed by atoms with E-state index < -0.39 is 0 Å². The molecule has 2 N–H and O–H groups in total. The lowest BCUT2D eigenvalue weighted by Crippen LogP contribution is -2.41. The third kappa shape index (κ3) is 3.27. The van der Waals surface area contributed by atoms with E-state index in [2.05, 4.69) is 20.7 Å². The van der Waals surface area contributed by atoms with Crippen molar-refractivity contribution in [2.24, 2.45) is 7.05 Å². The summed E-state index contributed by atoms with van der Waals surface area (Å²) in [5, 5.41) is 10.2. The molecule has 1 fully saturated rings. The van der Waals surface area contributed by atoms with Gasteiger partial charge in [-0.1, -0.05) is 0 Å². The Kier molecular flexibility index (Phi) is 4.27. The van der Waals surface area contributed by atoms with Crippen LogP contribution in [-0.4, -0.2) is 53.0 Å². The van der Waals surface area contributed by atoms with Gasteiger partial charge in [-0.05, 0) is 6.42 Å². The van der Waals surface area contributed by atoms with Gasteiger partial charge in [-0.25, -0.2) is 4.98 Å². The first-order chi connectivity index (χ1) is 8.69. The second-order valence-corrected chi connectivity index (χ2v) is 4.43. The van der Waals surface area contributed by atoms with Crippen LogP contribution in [0.3, 0.4) is 0 Å². The highest BCUT2D eigenvalue weighted by Crippen LogP contribution is 2.09. The summed E-state index contributed by atoms with van der Waals surface area (Å²) >= 11 is 0. The van der Waals surface area contributed by atoms with E-state index in [9.17, 15) is 4.79 Å². The van der Waals surface area contributed by atoms with Gasteiger partial charge in [0.05, 0.1) is 12.1 Å². The molecule has 1 aliphatic rings. The number of carbonyl (C=O) groups is 1. The van der Waals surface area contributed by atoms with Crippen molar-refractivity contribution in [2.45, 2.75) is 25.0 Å². The van der Waals surface area contributed by atoms with Gasteiger partial charge < -0.3 is 15.4 Å². The molecule has 2 atom stereocenters. The van der Waals surface area contributed by atoms with E-state index in [-0.39, 0.29) is 18.1 Å². The summed E-state index contributed by atoms with van der Waals surface area (Å²) in [5.74, 6) is 0.762. The molecular weight excluding hydrogens is 234 g/mol. The van der Waals surface area contributed by atoms with Crippen molar-refractivity contribution in [1.29, 1.82) is 0 Å². The number of ether oxygens (including phenoxy) is 1. The van der Waals surface area contributed by atoms with E-state index in [0.29, 0.717) is 13.0 Å². The van der Waals surface area contributed by atoms with Crippen molar-refractivity contribution >= 4 is 5.91 Å². The summed E-state index contributed by atoms with van der Waals surface area (Å²) in [6.07, 6.45) is 3.16. The van der Waals surface area contributed by atoms with Gasteiger partial charge in [0.25, 0.3) is 0 Å². The first-order valence-electron chi connectivity index (χ1n) is 6.07. The number of hydrogen-bond acceptors (Lipinski definition) is 5. The average Bonchev–Trinajstić information content (AvgIpc) is 2.98. The highest BCUT2D eigenvalue weighted by atomic mass is 16.5. The van der Waals surface area contributed by atoms with Crippen LogP contribution in [0.25, 0.3) is 0 Å².